The molecule has 1 aromatic carbocycles. The van der Waals surface area contributed by atoms with Gasteiger partial charge in [0, 0.05) is 20.1 Å². The van der Waals surface area contributed by atoms with E-state index in [0.29, 0.717) is 6.54 Å². The molecule has 0 radical (unpaired) electrons. The van der Waals surface area contributed by atoms with Crippen molar-refractivity contribution in [2.45, 2.75) is 26.8 Å². The first-order valence-corrected chi connectivity index (χ1v) is 8.12. The van der Waals surface area contributed by atoms with Crippen LogP contribution >= 0.6 is 24.0 Å². The van der Waals surface area contributed by atoms with Gasteiger partial charge in [0.25, 0.3) is 0 Å². The van der Waals surface area contributed by atoms with E-state index < -0.39 is 0 Å². The summed E-state index contributed by atoms with van der Waals surface area (Å²) < 4.78 is 7.24. The number of methoxy groups -OCH3 is 1. The lowest BCUT2D eigenvalue weighted by Crippen LogP contribution is -2.38. The van der Waals surface area contributed by atoms with Gasteiger partial charge in [-0.25, -0.2) is 4.99 Å². The summed E-state index contributed by atoms with van der Waals surface area (Å²) in [7, 11) is 3.61. The number of benzene rings is 1. The number of ether oxygens (including phenoxy) is 1. The standard InChI is InChI=1S/C17H26N6O.HI/c1-5-18-17(20-11-16-22-21-12-23(16)3)19-9-8-14-7-6-13(2)15(10-14)24-4;/h6-7,10,12H,5,8-9,11H2,1-4H3,(H2,18,19,20);1H. The quantitative estimate of drug-likeness (QED) is 0.378. The normalized spacial score (nSPS) is 11.0. The molecule has 2 rings (SSSR count). The van der Waals surface area contributed by atoms with Crippen molar-refractivity contribution in [2.24, 2.45) is 12.0 Å². The van der Waals surface area contributed by atoms with E-state index in [1.165, 1.54) is 5.56 Å². The number of halogens is 1. The van der Waals surface area contributed by atoms with E-state index in [9.17, 15) is 0 Å². The van der Waals surface area contributed by atoms with Crippen LogP contribution in [-0.4, -0.2) is 40.9 Å². The van der Waals surface area contributed by atoms with Gasteiger partial charge in [0.1, 0.15) is 18.6 Å². The molecule has 8 heteroatoms. The molecule has 2 N–H and O–H groups in total. The van der Waals surface area contributed by atoms with Crippen LogP contribution in [0.15, 0.2) is 29.5 Å². The molecule has 0 atom stereocenters. The van der Waals surface area contributed by atoms with E-state index in [1.807, 2.05) is 25.5 Å². The molecule has 25 heavy (non-hydrogen) atoms. The molecule has 0 aliphatic rings. The molecule has 0 fully saturated rings. The van der Waals surface area contributed by atoms with Crippen molar-refractivity contribution in [3.8, 4) is 5.75 Å². The summed E-state index contributed by atoms with van der Waals surface area (Å²) in [6.45, 7) is 6.18. The van der Waals surface area contributed by atoms with Gasteiger partial charge in [-0.2, -0.15) is 0 Å². The highest BCUT2D eigenvalue weighted by Gasteiger charge is 2.03. The zero-order chi connectivity index (χ0) is 17.4. The Morgan fingerprint density at radius 1 is 1.32 bits per heavy atom. The van der Waals surface area contributed by atoms with Crippen molar-refractivity contribution in [3.05, 3.63) is 41.5 Å². The number of nitrogens with one attached hydrogen (secondary N) is 2. The Kier molecular flexibility index (Phi) is 9.25. The summed E-state index contributed by atoms with van der Waals surface area (Å²) >= 11 is 0. The monoisotopic (exact) mass is 458 g/mol. The van der Waals surface area contributed by atoms with Crippen LogP contribution in [0.4, 0.5) is 0 Å². The largest absolute Gasteiger partial charge is 0.496 e. The summed E-state index contributed by atoms with van der Waals surface area (Å²) in [6, 6.07) is 6.30. The number of nitrogens with zero attached hydrogens (tertiary/aromatic N) is 4. The molecule has 0 saturated heterocycles. The van der Waals surface area contributed by atoms with Gasteiger partial charge in [-0.15, -0.1) is 34.2 Å². The van der Waals surface area contributed by atoms with Gasteiger partial charge in [0.05, 0.1) is 7.11 Å². The van der Waals surface area contributed by atoms with Crippen LogP contribution in [0.1, 0.15) is 23.9 Å². The molecule has 7 nitrogen and oxygen atoms in total. The van der Waals surface area contributed by atoms with Crippen molar-refractivity contribution in [2.75, 3.05) is 20.2 Å². The van der Waals surface area contributed by atoms with Crippen LogP contribution in [0.5, 0.6) is 5.75 Å². The second kappa shape index (κ2) is 10.9. The second-order valence-electron chi connectivity index (χ2n) is 5.53. The molecule has 138 valence electrons. The highest BCUT2D eigenvalue weighted by atomic mass is 127. The lowest BCUT2D eigenvalue weighted by Gasteiger charge is -2.12. The number of hydrogen-bond donors (Lipinski definition) is 2. The van der Waals surface area contributed by atoms with Gasteiger partial charge < -0.3 is 19.9 Å². The van der Waals surface area contributed by atoms with Crippen molar-refractivity contribution in [3.63, 3.8) is 0 Å². The van der Waals surface area contributed by atoms with Crippen molar-refractivity contribution < 1.29 is 4.74 Å². The van der Waals surface area contributed by atoms with Gasteiger partial charge >= 0.3 is 0 Å². The van der Waals surface area contributed by atoms with Gasteiger partial charge in [-0.3, -0.25) is 0 Å². The van der Waals surface area contributed by atoms with Gasteiger partial charge in [0.2, 0.25) is 0 Å². The fourth-order valence-electron chi connectivity index (χ4n) is 2.29. The van der Waals surface area contributed by atoms with E-state index >= 15 is 0 Å². The fraction of sp³-hybridized carbons (Fsp3) is 0.471. The Balaban J connectivity index is 0.00000312. The topological polar surface area (TPSA) is 76.4 Å². The highest BCUT2D eigenvalue weighted by Crippen LogP contribution is 2.18. The molecule has 0 spiro atoms. The van der Waals surface area contributed by atoms with Crippen LogP contribution in [0, 0.1) is 6.92 Å². The summed E-state index contributed by atoms with van der Waals surface area (Å²) in [5.41, 5.74) is 2.38. The van der Waals surface area contributed by atoms with Gasteiger partial charge in [0.15, 0.2) is 11.8 Å². The van der Waals surface area contributed by atoms with E-state index in [1.54, 1.807) is 13.4 Å². The Hall–Kier alpha value is -1.84. The molecule has 0 unspecified atom stereocenters. The predicted molar refractivity (Wildman–Crippen MR) is 111 cm³/mol. The number of aliphatic imine (C=N–C) groups is 1. The summed E-state index contributed by atoms with van der Waals surface area (Å²) in [6.07, 6.45) is 2.57. The minimum absolute atomic E-state index is 0. The lowest BCUT2D eigenvalue weighted by atomic mass is 10.1. The molecule has 0 saturated carbocycles. The summed E-state index contributed by atoms with van der Waals surface area (Å²) in [5, 5.41) is 14.5. The van der Waals surface area contributed by atoms with Crippen LogP contribution in [0.3, 0.4) is 0 Å². The Morgan fingerprint density at radius 3 is 2.76 bits per heavy atom. The van der Waals surface area contributed by atoms with Crippen molar-refractivity contribution in [1.29, 1.82) is 0 Å². The van der Waals surface area contributed by atoms with E-state index in [-0.39, 0.29) is 24.0 Å². The van der Waals surface area contributed by atoms with Crippen LogP contribution < -0.4 is 15.4 Å². The number of aromatic nitrogens is 3. The number of guanidine groups is 1. The fourth-order valence-corrected chi connectivity index (χ4v) is 2.29. The third kappa shape index (κ3) is 6.52. The van der Waals surface area contributed by atoms with Crippen LogP contribution in [-0.2, 0) is 20.0 Å². The molecule has 0 aliphatic heterocycles. The Morgan fingerprint density at radius 2 is 2.12 bits per heavy atom. The lowest BCUT2D eigenvalue weighted by molar-refractivity contribution is 0.411. The van der Waals surface area contributed by atoms with E-state index in [0.717, 1.165) is 42.6 Å². The van der Waals surface area contributed by atoms with Gasteiger partial charge in [-0.05, 0) is 37.5 Å². The predicted octanol–water partition coefficient (Wildman–Crippen LogP) is 2.05. The maximum Gasteiger partial charge on any atom is 0.191 e. The Labute approximate surface area is 166 Å². The molecular weight excluding hydrogens is 431 g/mol. The zero-order valence-electron chi connectivity index (χ0n) is 15.2. The number of aryl methyl sites for hydroxylation is 2. The van der Waals surface area contributed by atoms with Gasteiger partial charge in [-0.1, -0.05) is 12.1 Å². The number of rotatable bonds is 7. The maximum atomic E-state index is 5.37. The summed E-state index contributed by atoms with van der Waals surface area (Å²) in [4.78, 5) is 4.54. The number of hydrogen-bond acceptors (Lipinski definition) is 4. The highest BCUT2D eigenvalue weighted by molar-refractivity contribution is 14.0. The molecule has 1 aromatic heterocycles. The third-order valence-corrected chi connectivity index (χ3v) is 3.71. The average Bonchev–Trinajstić information content (AvgIpc) is 2.99. The summed E-state index contributed by atoms with van der Waals surface area (Å²) in [5.74, 6) is 2.53. The minimum atomic E-state index is 0. The Bertz CT molecular complexity index is 686. The minimum Gasteiger partial charge on any atom is -0.496 e. The molecule has 0 amide bonds. The smallest absolute Gasteiger partial charge is 0.191 e. The molecule has 1 heterocycles. The molecule has 0 bridgehead atoms. The van der Waals surface area contributed by atoms with Crippen molar-refractivity contribution >= 4 is 29.9 Å². The molecular formula is C17H27IN6O. The second-order valence-corrected chi connectivity index (χ2v) is 5.53. The first kappa shape index (κ1) is 21.2. The molecule has 2 aromatic rings. The SMILES string of the molecule is CCNC(=NCc1nncn1C)NCCc1ccc(C)c(OC)c1.I. The van der Waals surface area contributed by atoms with E-state index in [2.05, 4.69) is 44.0 Å². The van der Waals surface area contributed by atoms with Crippen molar-refractivity contribution in [1.82, 2.24) is 25.4 Å². The molecule has 0 aliphatic carbocycles. The maximum absolute atomic E-state index is 5.37. The van der Waals surface area contributed by atoms with Crippen LogP contribution in [0.25, 0.3) is 0 Å². The third-order valence-electron chi connectivity index (χ3n) is 3.71. The first-order valence-electron chi connectivity index (χ1n) is 8.12. The first-order chi connectivity index (χ1) is 11.6. The zero-order valence-corrected chi connectivity index (χ0v) is 17.6. The van der Waals surface area contributed by atoms with E-state index in [4.69, 9.17) is 4.74 Å². The van der Waals surface area contributed by atoms with Crippen LogP contribution in [0.2, 0.25) is 0 Å². The average molecular weight is 458 g/mol.